The normalized spacial score (nSPS) is 11.1. The number of hydrogen-bond donors (Lipinski definition) is 1. The number of aryl methyl sites for hydroxylation is 3. The maximum atomic E-state index is 13.5. The van der Waals surface area contributed by atoms with Crippen LogP contribution in [0.4, 0.5) is 11.4 Å². The molecule has 0 unspecified atom stereocenters. The molecule has 1 aromatic heterocycles. The molecule has 0 fully saturated rings. The Bertz CT molecular complexity index is 2090. The van der Waals surface area contributed by atoms with Crippen LogP contribution in [0.15, 0.2) is 126 Å². The highest BCUT2D eigenvalue weighted by atomic mass is 32.2. The zero-order chi connectivity index (χ0) is 35.6. The van der Waals surface area contributed by atoms with Crippen molar-refractivity contribution in [2.75, 3.05) is 24.3 Å². The van der Waals surface area contributed by atoms with Crippen molar-refractivity contribution < 1.29 is 9.53 Å². The molecule has 0 atom stereocenters. The third-order valence-electron chi connectivity index (χ3n) is 8.40. The van der Waals surface area contributed by atoms with E-state index in [1.54, 1.807) is 16.4 Å². The molecule has 0 aliphatic carbocycles. The number of tetrazole rings is 1. The Kier molecular flexibility index (Phi) is 11.6. The molecule has 1 N–H and O–H groups in total. The fraction of sp³-hybridized carbons (Fsp3) is 0.190. The predicted octanol–water partition coefficient (Wildman–Crippen LogP) is 9.11. The molecule has 0 saturated carbocycles. The Balaban J connectivity index is 1.06. The molecule has 1 heterocycles. The molecule has 6 rings (SSSR count). The summed E-state index contributed by atoms with van der Waals surface area (Å²) in [4.78, 5) is 15.6. The average molecular weight is 695 g/mol. The number of aromatic nitrogens is 4. The smallest absolute Gasteiger partial charge is 0.255 e. The van der Waals surface area contributed by atoms with Crippen LogP contribution in [0.2, 0.25) is 0 Å². The maximum Gasteiger partial charge on any atom is 0.255 e. The van der Waals surface area contributed by atoms with Crippen LogP contribution in [0.1, 0.15) is 50.2 Å². The van der Waals surface area contributed by atoms with E-state index in [2.05, 4.69) is 112 Å². The topological polar surface area (TPSA) is 85.2 Å². The molecule has 9 heteroatoms. The fourth-order valence-corrected chi connectivity index (χ4v) is 6.38. The number of thioether (sulfide) groups is 1. The highest BCUT2D eigenvalue weighted by Gasteiger charge is 2.14. The molecule has 0 aliphatic heterocycles. The number of nitrogens with one attached hydrogen (secondary N) is 1. The van der Waals surface area contributed by atoms with E-state index in [0.717, 1.165) is 52.4 Å². The molecule has 0 radical (unpaired) electrons. The first-order valence-electron chi connectivity index (χ1n) is 16.9. The van der Waals surface area contributed by atoms with Crippen LogP contribution in [0.25, 0.3) is 11.8 Å². The molecule has 1 amide bonds. The summed E-state index contributed by atoms with van der Waals surface area (Å²) in [5.41, 5.74) is 10.1. The van der Waals surface area contributed by atoms with Gasteiger partial charge in [0.05, 0.1) is 5.69 Å². The van der Waals surface area contributed by atoms with Gasteiger partial charge in [-0.15, -0.1) is 5.10 Å². The lowest BCUT2D eigenvalue weighted by molar-refractivity contribution is 0.102. The molecule has 0 aliphatic rings. The summed E-state index contributed by atoms with van der Waals surface area (Å²) >= 11 is 1.56. The van der Waals surface area contributed by atoms with Crippen molar-refractivity contribution in [1.82, 2.24) is 20.2 Å². The number of ether oxygens (including phenoxy) is 1. The predicted molar refractivity (Wildman–Crippen MR) is 208 cm³/mol. The highest BCUT2D eigenvalue weighted by Crippen LogP contribution is 2.26. The van der Waals surface area contributed by atoms with Crippen molar-refractivity contribution in [2.45, 2.75) is 44.2 Å². The second-order valence-electron chi connectivity index (χ2n) is 12.7. The third kappa shape index (κ3) is 9.73. The van der Waals surface area contributed by atoms with Gasteiger partial charge in [-0.25, -0.2) is 0 Å². The van der Waals surface area contributed by atoms with E-state index in [-0.39, 0.29) is 5.91 Å². The van der Waals surface area contributed by atoms with Crippen LogP contribution >= 0.6 is 11.8 Å². The summed E-state index contributed by atoms with van der Waals surface area (Å²) < 4.78 is 7.65. The first kappa shape index (κ1) is 35.2. The molecule has 8 nitrogen and oxygen atoms in total. The van der Waals surface area contributed by atoms with Crippen LogP contribution < -0.4 is 15.0 Å². The number of rotatable bonds is 14. The van der Waals surface area contributed by atoms with Gasteiger partial charge in [0.1, 0.15) is 12.4 Å². The number of anilines is 2. The van der Waals surface area contributed by atoms with Gasteiger partial charge in [-0.3, -0.25) is 4.79 Å². The number of carbonyl (C=O) groups is 1. The van der Waals surface area contributed by atoms with Crippen LogP contribution in [0, 0.1) is 13.8 Å². The second-order valence-corrected chi connectivity index (χ2v) is 13.6. The molecule has 258 valence electrons. The number of allylic oxidation sites excluding steroid dienone is 1. The quantitative estimate of drug-likeness (QED) is 0.114. The molecule has 6 aromatic rings. The maximum absolute atomic E-state index is 13.5. The Labute approximate surface area is 304 Å². The number of amides is 1. The lowest BCUT2D eigenvalue weighted by atomic mass is 10.0. The Morgan fingerprint density at radius 2 is 1.59 bits per heavy atom. The average Bonchev–Trinajstić information content (AvgIpc) is 3.62. The van der Waals surface area contributed by atoms with Gasteiger partial charge in [0, 0.05) is 36.8 Å². The van der Waals surface area contributed by atoms with E-state index in [1.807, 2.05) is 68.7 Å². The van der Waals surface area contributed by atoms with Crippen molar-refractivity contribution in [3.05, 3.63) is 160 Å². The van der Waals surface area contributed by atoms with E-state index >= 15 is 0 Å². The number of nitrogens with zero attached hydrogens (tertiary/aromatic N) is 5. The van der Waals surface area contributed by atoms with Crippen LogP contribution in [-0.2, 0) is 18.8 Å². The van der Waals surface area contributed by atoms with Crippen LogP contribution in [0.5, 0.6) is 5.75 Å². The van der Waals surface area contributed by atoms with Gasteiger partial charge in [0.25, 0.3) is 5.91 Å². The Hall–Kier alpha value is -5.67. The summed E-state index contributed by atoms with van der Waals surface area (Å²) in [5.74, 6) is 1.42. The number of benzene rings is 5. The Morgan fingerprint density at radius 3 is 2.31 bits per heavy atom. The molecule has 0 spiro atoms. The van der Waals surface area contributed by atoms with Crippen molar-refractivity contribution in [2.24, 2.45) is 0 Å². The van der Waals surface area contributed by atoms with Gasteiger partial charge in [-0.05, 0) is 108 Å². The summed E-state index contributed by atoms with van der Waals surface area (Å²) in [5, 5.41) is 16.1. The zero-order valence-electron chi connectivity index (χ0n) is 29.4. The summed E-state index contributed by atoms with van der Waals surface area (Å²) in [6, 6.07) is 38.4. The van der Waals surface area contributed by atoms with Gasteiger partial charge in [0.15, 0.2) is 0 Å². The van der Waals surface area contributed by atoms with Crippen LogP contribution in [-0.4, -0.2) is 40.2 Å². The minimum atomic E-state index is -0.176. The Morgan fingerprint density at radius 1 is 0.863 bits per heavy atom. The van der Waals surface area contributed by atoms with Crippen molar-refractivity contribution in [3.63, 3.8) is 0 Å². The summed E-state index contributed by atoms with van der Waals surface area (Å²) in [7, 11) is 4.05. The molecule has 0 bridgehead atoms. The zero-order valence-corrected chi connectivity index (χ0v) is 30.2. The van der Waals surface area contributed by atoms with E-state index in [1.165, 1.54) is 16.7 Å². The third-order valence-corrected chi connectivity index (χ3v) is 9.39. The highest BCUT2D eigenvalue weighted by molar-refractivity contribution is 7.98. The summed E-state index contributed by atoms with van der Waals surface area (Å²) in [6.45, 7) is 4.70. The molecular weight excluding hydrogens is 653 g/mol. The second kappa shape index (κ2) is 16.8. The van der Waals surface area contributed by atoms with E-state index in [4.69, 9.17) is 4.74 Å². The van der Waals surface area contributed by atoms with Gasteiger partial charge < -0.3 is 15.0 Å². The SMILES string of the molecule is Cc1ccc(COc2ccc(C=CCCc3cc(C(=O)Nc4cccc(-n5nnnc5SCc5ccc(C)cc5)c4)ccc3N(C)C)cc2)cc1. The monoisotopic (exact) mass is 694 g/mol. The van der Waals surface area contributed by atoms with Crippen LogP contribution in [0.3, 0.4) is 0 Å². The number of carbonyl (C=O) groups excluding carboxylic acids is 1. The molecule has 5 aromatic carbocycles. The standard InChI is InChI=1S/C42H42N6O2S/c1-30-12-16-33(17-13-30)28-50-39-23-20-32(21-24-39)8-5-6-9-35-26-36(22-25-40(35)47(3)4)41(49)43-37-10-7-11-38(27-37)48-42(44-45-46-48)51-29-34-18-14-31(2)15-19-34/h5,7-8,10-27H,6,9,28-29H2,1-4H3,(H,43,49). The van der Waals surface area contributed by atoms with Gasteiger partial charge in [-0.2, -0.15) is 4.68 Å². The van der Waals surface area contributed by atoms with Gasteiger partial charge in [-0.1, -0.05) is 102 Å². The largest absolute Gasteiger partial charge is 0.489 e. The van der Waals surface area contributed by atoms with Crippen molar-refractivity contribution in [3.8, 4) is 11.4 Å². The lowest BCUT2D eigenvalue weighted by Crippen LogP contribution is -2.15. The number of hydrogen-bond acceptors (Lipinski definition) is 7. The molecule has 0 saturated heterocycles. The van der Waals surface area contributed by atoms with Gasteiger partial charge >= 0.3 is 0 Å². The van der Waals surface area contributed by atoms with E-state index < -0.39 is 0 Å². The molecule has 51 heavy (non-hydrogen) atoms. The van der Waals surface area contributed by atoms with Crippen molar-refractivity contribution in [1.29, 1.82) is 0 Å². The minimum Gasteiger partial charge on any atom is -0.489 e. The fourth-order valence-electron chi connectivity index (χ4n) is 5.53. The van der Waals surface area contributed by atoms with E-state index in [9.17, 15) is 4.79 Å². The lowest BCUT2D eigenvalue weighted by Gasteiger charge is -2.18. The van der Waals surface area contributed by atoms with E-state index in [0.29, 0.717) is 23.0 Å². The minimum absolute atomic E-state index is 0.176. The summed E-state index contributed by atoms with van der Waals surface area (Å²) in [6.07, 6.45) is 5.92. The van der Waals surface area contributed by atoms with Gasteiger partial charge in [0.2, 0.25) is 5.16 Å². The first-order chi connectivity index (χ1) is 24.8. The molecular formula is C42H42N6O2S. The first-order valence-corrected chi connectivity index (χ1v) is 17.9. The van der Waals surface area contributed by atoms with Crippen molar-refractivity contribution >= 4 is 35.1 Å².